The number of nitrogens with two attached hydrogens (primary N) is 1. The Morgan fingerprint density at radius 2 is 2.19 bits per heavy atom. The SMILES string of the molecule is CC(N)C(Sc1nnnn1C1CCCC1)c1ccc(Cl)s1. The van der Waals surface area contributed by atoms with Gasteiger partial charge in [-0.3, -0.25) is 0 Å². The van der Waals surface area contributed by atoms with Crippen LogP contribution in [0.25, 0.3) is 0 Å². The Balaban J connectivity index is 1.82. The molecule has 21 heavy (non-hydrogen) atoms. The number of thiophene rings is 1. The van der Waals surface area contributed by atoms with E-state index < -0.39 is 0 Å². The minimum absolute atomic E-state index is 0.00144. The normalized spacial score (nSPS) is 19.0. The van der Waals surface area contributed by atoms with E-state index in [-0.39, 0.29) is 11.3 Å². The van der Waals surface area contributed by atoms with Gasteiger partial charge in [0.15, 0.2) is 0 Å². The van der Waals surface area contributed by atoms with Crippen molar-refractivity contribution in [2.75, 3.05) is 0 Å². The molecule has 2 aromatic rings. The van der Waals surface area contributed by atoms with Crippen LogP contribution in [0.3, 0.4) is 0 Å². The summed E-state index contributed by atoms with van der Waals surface area (Å²) < 4.78 is 2.76. The van der Waals surface area contributed by atoms with Crippen LogP contribution in [0, 0.1) is 0 Å². The van der Waals surface area contributed by atoms with Crippen LogP contribution in [0.1, 0.15) is 48.8 Å². The lowest BCUT2D eigenvalue weighted by Crippen LogP contribution is -2.22. The van der Waals surface area contributed by atoms with Gasteiger partial charge in [-0.1, -0.05) is 36.2 Å². The summed E-state index contributed by atoms with van der Waals surface area (Å²) in [6, 6.07) is 4.39. The second-order valence-electron chi connectivity index (χ2n) is 5.38. The third-order valence-electron chi connectivity index (χ3n) is 3.72. The summed E-state index contributed by atoms with van der Waals surface area (Å²) in [5, 5.41) is 13.2. The second kappa shape index (κ2) is 6.64. The third-order valence-corrected chi connectivity index (χ3v) is 6.60. The summed E-state index contributed by atoms with van der Waals surface area (Å²) in [4.78, 5) is 1.17. The highest BCUT2D eigenvalue weighted by Gasteiger charge is 2.26. The van der Waals surface area contributed by atoms with Crippen molar-refractivity contribution < 1.29 is 0 Å². The lowest BCUT2D eigenvalue weighted by molar-refractivity contribution is 0.422. The van der Waals surface area contributed by atoms with Gasteiger partial charge < -0.3 is 5.73 Å². The van der Waals surface area contributed by atoms with Crippen LogP contribution in [-0.4, -0.2) is 26.2 Å². The summed E-state index contributed by atoms with van der Waals surface area (Å²) in [5.41, 5.74) is 6.16. The van der Waals surface area contributed by atoms with E-state index in [1.165, 1.54) is 17.7 Å². The molecule has 0 aliphatic heterocycles. The van der Waals surface area contributed by atoms with Gasteiger partial charge in [0.2, 0.25) is 5.16 Å². The van der Waals surface area contributed by atoms with Crippen molar-refractivity contribution in [1.29, 1.82) is 0 Å². The predicted molar refractivity (Wildman–Crippen MR) is 86.9 cm³/mol. The molecule has 2 heterocycles. The molecule has 0 spiro atoms. The Morgan fingerprint density at radius 1 is 1.43 bits per heavy atom. The zero-order valence-corrected chi connectivity index (χ0v) is 14.2. The fourth-order valence-corrected chi connectivity index (χ4v) is 5.12. The Morgan fingerprint density at radius 3 is 2.81 bits per heavy atom. The first-order valence-electron chi connectivity index (χ1n) is 7.10. The minimum atomic E-state index is -0.00144. The molecule has 1 aliphatic carbocycles. The van der Waals surface area contributed by atoms with E-state index in [2.05, 4.69) is 15.5 Å². The standard InChI is InChI=1S/C13H18ClN5S2/c1-8(15)12(10-6-7-11(14)20-10)21-13-16-17-18-19(13)9-4-2-3-5-9/h6-9,12H,2-5,15H2,1H3. The molecule has 114 valence electrons. The molecule has 1 fully saturated rings. The van der Waals surface area contributed by atoms with Crippen molar-refractivity contribution in [1.82, 2.24) is 20.2 Å². The minimum Gasteiger partial charge on any atom is -0.327 e. The van der Waals surface area contributed by atoms with Gasteiger partial charge in [0, 0.05) is 10.9 Å². The molecule has 3 rings (SSSR count). The molecule has 0 saturated heterocycles. The second-order valence-corrected chi connectivity index (χ2v) is 8.24. The quantitative estimate of drug-likeness (QED) is 0.838. The van der Waals surface area contributed by atoms with E-state index in [0.29, 0.717) is 6.04 Å². The van der Waals surface area contributed by atoms with Crippen molar-refractivity contribution in [2.24, 2.45) is 5.73 Å². The number of thioether (sulfide) groups is 1. The monoisotopic (exact) mass is 343 g/mol. The van der Waals surface area contributed by atoms with Crippen LogP contribution < -0.4 is 5.73 Å². The van der Waals surface area contributed by atoms with Gasteiger partial charge in [0.1, 0.15) is 0 Å². The fraction of sp³-hybridized carbons (Fsp3) is 0.615. The summed E-state index contributed by atoms with van der Waals surface area (Å²) in [5.74, 6) is 0. The van der Waals surface area contributed by atoms with Gasteiger partial charge in [0.05, 0.1) is 15.6 Å². The number of halogens is 1. The number of rotatable bonds is 5. The van der Waals surface area contributed by atoms with E-state index in [4.69, 9.17) is 17.3 Å². The zero-order valence-electron chi connectivity index (χ0n) is 11.8. The fourth-order valence-electron chi connectivity index (χ4n) is 2.66. The summed E-state index contributed by atoms with van der Waals surface area (Å²) >= 11 is 9.26. The summed E-state index contributed by atoms with van der Waals surface area (Å²) in [6.07, 6.45) is 4.83. The maximum Gasteiger partial charge on any atom is 0.210 e. The smallest absolute Gasteiger partial charge is 0.210 e. The van der Waals surface area contributed by atoms with Crippen molar-refractivity contribution in [3.05, 3.63) is 21.3 Å². The van der Waals surface area contributed by atoms with Crippen molar-refractivity contribution in [3.8, 4) is 0 Å². The van der Waals surface area contributed by atoms with Crippen LogP contribution in [0.2, 0.25) is 4.34 Å². The molecule has 2 atom stereocenters. The average Bonchev–Trinajstić information content (AvgIpc) is 3.16. The molecule has 5 nitrogen and oxygen atoms in total. The zero-order chi connectivity index (χ0) is 14.8. The average molecular weight is 344 g/mol. The summed E-state index contributed by atoms with van der Waals surface area (Å²) in [7, 11) is 0. The van der Waals surface area contributed by atoms with Gasteiger partial charge in [-0.05, 0) is 42.3 Å². The molecule has 2 unspecified atom stereocenters. The molecule has 2 aromatic heterocycles. The molecule has 0 aromatic carbocycles. The van der Waals surface area contributed by atoms with E-state index in [0.717, 1.165) is 22.3 Å². The topological polar surface area (TPSA) is 69.6 Å². The van der Waals surface area contributed by atoms with Gasteiger partial charge in [-0.15, -0.1) is 16.4 Å². The molecule has 0 radical (unpaired) electrons. The number of tetrazole rings is 1. The van der Waals surface area contributed by atoms with E-state index in [9.17, 15) is 0 Å². The molecule has 0 amide bonds. The third kappa shape index (κ3) is 3.41. The van der Waals surface area contributed by atoms with Crippen LogP contribution in [0.4, 0.5) is 0 Å². The van der Waals surface area contributed by atoms with Gasteiger partial charge in [0.25, 0.3) is 0 Å². The van der Waals surface area contributed by atoms with Crippen LogP contribution in [0.15, 0.2) is 17.3 Å². The molecule has 8 heteroatoms. The van der Waals surface area contributed by atoms with Gasteiger partial charge in [-0.25, -0.2) is 4.68 Å². The Labute approximate surface area is 137 Å². The van der Waals surface area contributed by atoms with Crippen molar-refractivity contribution >= 4 is 34.7 Å². The first-order chi connectivity index (χ1) is 10.1. The molecule has 0 bridgehead atoms. The van der Waals surface area contributed by atoms with Crippen LogP contribution in [-0.2, 0) is 0 Å². The molecule has 2 N–H and O–H groups in total. The van der Waals surface area contributed by atoms with Crippen molar-refractivity contribution in [2.45, 2.75) is 55.1 Å². The lowest BCUT2D eigenvalue weighted by Gasteiger charge is -2.19. The van der Waals surface area contributed by atoms with E-state index in [1.807, 2.05) is 23.7 Å². The highest BCUT2D eigenvalue weighted by Crippen LogP contribution is 2.41. The molecular weight excluding hydrogens is 326 g/mol. The predicted octanol–water partition coefficient (Wildman–Crippen LogP) is 3.68. The highest BCUT2D eigenvalue weighted by molar-refractivity contribution is 7.99. The van der Waals surface area contributed by atoms with E-state index in [1.54, 1.807) is 23.1 Å². The number of aromatic nitrogens is 4. The molecule has 1 saturated carbocycles. The number of nitrogens with zero attached hydrogens (tertiary/aromatic N) is 4. The largest absolute Gasteiger partial charge is 0.327 e. The summed E-state index contributed by atoms with van der Waals surface area (Å²) in [6.45, 7) is 2.01. The maximum atomic E-state index is 6.16. The highest BCUT2D eigenvalue weighted by atomic mass is 35.5. The van der Waals surface area contributed by atoms with Gasteiger partial charge >= 0.3 is 0 Å². The molecule has 1 aliphatic rings. The van der Waals surface area contributed by atoms with Gasteiger partial charge in [-0.2, -0.15) is 0 Å². The molecular formula is C13H18ClN5S2. The first-order valence-corrected chi connectivity index (χ1v) is 9.18. The Kier molecular flexibility index (Phi) is 4.83. The van der Waals surface area contributed by atoms with Crippen molar-refractivity contribution in [3.63, 3.8) is 0 Å². The lowest BCUT2D eigenvalue weighted by atomic mass is 10.2. The van der Waals surface area contributed by atoms with E-state index >= 15 is 0 Å². The van der Waals surface area contributed by atoms with Crippen LogP contribution >= 0.6 is 34.7 Å². The first kappa shape index (κ1) is 15.3. The maximum absolute atomic E-state index is 6.16. The Hall–Kier alpha value is -0.630. The number of hydrogen-bond donors (Lipinski definition) is 1. The van der Waals surface area contributed by atoms with Crippen LogP contribution in [0.5, 0.6) is 0 Å². The number of hydrogen-bond acceptors (Lipinski definition) is 6. The Bertz CT molecular complexity index is 591.